The Hall–Kier alpha value is -1.77. The maximum Gasteiger partial charge on any atom is 0.162 e. The summed E-state index contributed by atoms with van der Waals surface area (Å²) < 4.78 is 3.95. The molecule has 0 radical (unpaired) electrons. The van der Waals surface area contributed by atoms with Crippen molar-refractivity contribution in [2.75, 3.05) is 17.2 Å². The van der Waals surface area contributed by atoms with Gasteiger partial charge in [-0.3, -0.25) is 0 Å². The predicted octanol–water partition coefficient (Wildman–Crippen LogP) is 3.58. The van der Waals surface area contributed by atoms with Crippen LogP contribution in [0, 0.1) is 11.3 Å². The van der Waals surface area contributed by atoms with Gasteiger partial charge < -0.3 is 10.6 Å². The van der Waals surface area contributed by atoms with Gasteiger partial charge >= 0.3 is 0 Å². The van der Waals surface area contributed by atoms with Crippen LogP contribution in [-0.2, 0) is 0 Å². The van der Waals surface area contributed by atoms with Gasteiger partial charge in [0, 0.05) is 18.3 Å². The van der Waals surface area contributed by atoms with Crippen molar-refractivity contribution in [2.24, 2.45) is 0 Å². The van der Waals surface area contributed by atoms with Gasteiger partial charge in [0.1, 0.15) is 16.6 Å². The van der Waals surface area contributed by atoms with Crippen LogP contribution in [0.4, 0.5) is 10.7 Å². The number of halogens is 1. The summed E-state index contributed by atoms with van der Waals surface area (Å²) in [6, 6.07) is 12.2. The van der Waals surface area contributed by atoms with Gasteiger partial charge in [0.2, 0.25) is 0 Å². The topological polar surface area (TPSA) is 60.7 Å². The summed E-state index contributed by atoms with van der Waals surface area (Å²) in [5.74, 6) is 0. The second-order valence-electron chi connectivity index (χ2n) is 4.08. The lowest BCUT2D eigenvalue weighted by Gasteiger charge is -2.15. The SMILES string of the molecule is CC(CNc1snc(Cl)c1C#N)Nc1ccccc1. The van der Waals surface area contributed by atoms with Crippen LogP contribution in [0.5, 0.6) is 0 Å². The van der Waals surface area contributed by atoms with E-state index in [0.717, 1.165) is 5.69 Å². The number of anilines is 2. The zero-order valence-corrected chi connectivity index (χ0v) is 11.9. The molecule has 1 atom stereocenters. The third-order valence-corrected chi connectivity index (χ3v) is 3.70. The lowest BCUT2D eigenvalue weighted by Crippen LogP contribution is -2.24. The number of rotatable bonds is 5. The van der Waals surface area contributed by atoms with Crippen molar-refractivity contribution in [2.45, 2.75) is 13.0 Å². The minimum absolute atomic E-state index is 0.217. The first-order chi connectivity index (χ1) is 9.20. The molecular weight excluding hydrogens is 280 g/mol. The molecule has 1 aromatic heterocycles. The van der Waals surface area contributed by atoms with Gasteiger partial charge in [-0.05, 0) is 30.6 Å². The molecule has 1 aromatic carbocycles. The van der Waals surface area contributed by atoms with Crippen molar-refractivity contribution in [1.82, 2.24) is 4.37 Å². The molecular formula is C13H13ClN4S. The van der Waals surface area contributed by atoms with Gasteiger partial charge in [-0.1, -0.05) is 29.8 Å². The molecule has 0 saturated heterocycles. The van der Waals surface area contributed by atoms with Crippen LogP contribution >= 0.6 is 23.1 Å². The lowest BCUT2D eigenvalue weighted by molar-refractivity contribution is 0.837. The zero-order chi connectivity index (χ0) is 13.7. The summed E-state index contributed by atoms with van der Waals surface area (Å²) in [4.78, 5) is 0. The van der Waals surface area contributed by atoms with Gasteiger partial charge in [-0.2, -0.15) is 9.64 Å². The van der Waals surface area contributed by atoms with Crippen LogP contribution < -0.4 is 10.6 Å². The summed E-state index contributed by atoms with van der Waals surface area (Å²) in [7, 11) is 0. The maximum atomic E-state index is 8.97. The van der Waals surface area contributed by atoms with Crippen LogP contribution in [0.15, 0.2) is 30.3 Å². The second kappa shape index (κ2) is 6.41. The monoisotopic (exact) mass is 292 g/mol. The molecule has 2 N–H and O–H groups in total. The average molecular weight is 293 g/mol. The fourth-order valence-electron chi connectivity index (χ4n) is 1.60. The Morgan fingerprint density at radius 1 is 1.42 bits per heavy atom. The normalized spacial score (nSPS) is 11.6. The highest BCUT2D eigenvalue weighted by atomic mass is 35.5. The Morgan fingerprint density at radius 2 is 2.16 bits per heavy atom. The van der Waals surface area contributed by atoms with Gasteiger partial charge in [-0.15, -0.1) is 0 Å². The highest BCUT2D eigenvalue weighted by Crippen LogP contribution is 2.27. The summed E-state index contributed by atoms with van der Waals surface area (Å²) >= 11 is 7.02. The smallest absolute Gasteiger partial charge is 0.162 e. The maximum absolute atomic E-state index is 8.97. The summed E-state index contributed by atoms with van der Waals surface area (Å²) in [5, 5.41) is 16.5. The molecule has 0 aliphatic carbocycles. The molecule has 0 aliphatic heterocycles. The molecule has 0 bridgehead atoms. The van der Waals surface area contributed by atoms with Crippen LogP contribution in [-0.4, -0.2) is 17.0 Å². The molecule has 98 valence electrons. The molecule has 0 fully saturated rings. The van der Waals surface area contributed by atoms with Gasteiger partial charge in [0.25, 0.3) is 0 Å². The largest absolute Gasteiger partial charge is 0.381 e. The van der Waals surface area contributed by atoms with E-state index in [9.17, 15) is 0 Å². The van der Waals surface area contributed by atoms with Gasteiger partial charge in [-0.25, -0.2) is 0 Å². The molecule has 6 heteroatoms. The van der Waals surface area contributed by atoms with Crippen molar-refractivity contribution >= 4 is 33.8 Å². The fourth-order valence-corrected chi connectivity index (χ4v) is 2.54. The molecule has 2 aromatic rings. The van der Waals surface area contributed by atoms with E-state index >= 15 is 0 Å². The van der Waals surface area contributed by atoms with Crippen molar-refractivity contribution in [1.29, 1.82) is 5.26 Å². The number of hydrogen-bond donors (Lipinski definition) is 2. The van der Waals surface area contributed by atoms with E-state index in [4.69, 9.17) is 16.9 Å². The van der Waals surface area contributed by atoms with E-state index in [-0.39, 0.29) is 11.2 Å². The van der Waals surface area contributed by atoms with Gasteiger partial charge in [0.05, 0.1) is 0 Å². The second-order valence-corrected chi connectivity index (χ2v) is 5.21. The Kier molecular flexibility index (Phi) is 4.61. The number of nitrogens with one attached hydrogen (secondary N) is 2. The van der Waals surface area contributed by atoms with E-state index in [1.807, 2.05) is 30.3 Å². The Balaban J connectivity index is 1.90. The van der Waals surface area contributed by atoms with Crippen LogP contribution in [0.25, 0.3) is 0 Å². The highest BCUT2D eigenvalue weighted by molar-refractivity contribution is 7.10. The van der Waals surface area contributed by atoms with Crippen molar-refractivity contribution in [3.05, 3.63) is 41.0 Å². The van der Waals surface area contributed by atoms with E-state index in [2.05, 4.69) is 28.0 Å². The highest BCUT2D eigenvalue weighted by Gasteiger charge is 2.12. The molecule has 1 heterocycles. The van der Waals surface area contributed by atoms with Crippen molar-refractivity contribution in [3.63, 3.8) is 0 Å². The molecule has 0 aliphatic rings. The third-order valence-electron chi connectivity index (χ3n) is 2.52. The van der Waals surface area contributed by atoms with E-state index in [1.165, 1.54) is 11.5 Å². The van der Waals surface area contributed by atoms with E-state index in [0.29, 0.717) is 17.1 Å². The van der Waals surface area contributed by atoms with E-state index < -0.39 is 0 Å². The zero-order valence-electron chi connectivity index (χ0n) is 10.4. The fraction of sp³-hybridized carbons (Fsp3) is 0.231. The number of benzene rings is 1. The van der Waals surface area contributed by atoms with Crippen LogP contribution in [0.1, 0.15) is 12.5 Å². The molecule has 0 saturated carbocycles. The first kappa shape index (κ1) is 13.7. The molecule has 2 rings (SSSR count). The standard InChI is InChI=1S/C13H13ClN4S/c1-9(17-10-5-3-2-4-6-10)8-16-13-11(7-15)12(14)18-19-13/h2-6,9,16-17H,8H2,1H3. The van der Waals surface area contributed by atoms with Crippen LogP contribution in [0.2, 0.25) is 5.15 Å². The quantitative estimate of drug-likeness (QED) is 0.884. The number of hydrogen-bond acceptors (Lipinski definition) is 5. The van der Waals surface area contributed by atoms with Crippen LogP contribution in [0.3, 0.4) is 0 Å². The lowest BCUT2D eigenvalue weighted by atomic mass is 10.2. The van der Waals surface area contributed by atoms with Gasteiger partial charge in [0.15, 0.2) is 5.15 Å². The van der Waals surface area contributed by atoms with Crippen molar-refractivity contribution in [3.8, 4) is 6.07 Å². The van der Waals surface area contributed by atoms with Crippen molar-refractivity contribution < 1.29 is 0 Å². The third kappa shape index (κ3) is 3.60. The minimum atomic E-state index is 0.217. The molecule has 19 heavy (non-hydrogen) atoms. The first-order valence-electron chi connectivity index (χ1n) is 5.81. The Morgan fingerprint density at radius 3 is 2.84 bits per heavy atom. The predicted molar refractivity (Wildman–Crippen MR) is 79.9 cm³/mol. The number of para-hydroxylation sites is 1. The molecule has 1 unspecified atom stereocenters. The Bertz CT molecular complexity index is 576. The number of nitriles is 1. The first-order valence-corrected chi connectivity index (χ1v) is 6.96. The Labute approximate surface area is 121 Å². The van der Waals surface area contributed by atoms with E-state index in [1.54, 1.807) is 0 Å². The number of nitrogens with zero attached hydrogens (tertiary/aromatic N) is 2. The minimum Gasteiger partial charge on any atom is -0.381 e. The summed E-state index contributed by atoms with van der Waals surface area (Å²) in [6.07, 6.45) is 0. The molecule has 0 amide bonds. The molecule has 0 spiro atoms. The average Bonchev–Trinajstić information content (AvgIpc) is 2.78. The molecule has 4 nitrogen and oxygen atoms in total. The summed E-state index contributed by atoms with van der Waals surface area (Å²) in [6.45, 7) is 2.75. The number of aromatic nitrogens is 1. The summed E-state index contributed by atoms with van der Waals surface area (Å²) in [5.41, 5.74) is 1.48.